The third-order valence-electron chi connectivity index (χ3n) is 1.44. The summed E-state index contributed by atoms with van der Waals surface area (Å²) < 4.78 is 30.4. The van der Waals surface area contributed by atoms with Gasteiger partial charge in [0.1, 0.15) is 6.07 Å². The highest BCUT2D eigenvalue weighted by Crippen LogP contribution is 2.30. The van der Waals surface area contributed by atoms with E-state index in [0.717, 1.165) is 13.2 Å². The SMILES string of the molecule is COc1c(Cl)cc(C#N)c(F)c1F. The number of halogens is 3. The Morgan fingerprint density at radius 1 is 1.46 bits per heavy atom. The Hall–Kier alpha value is -1.34. The number of ether oxygens (including phenoxy) is 1. The van der Waals surface area contributed by atoms with Gasteiger partial charge in [-0.25, -0.2) is 4.39 Å². The summed E-state index contributed by atoms with van der Waals surface area (Å²) in [5.74, 6) is -2.88. The molecule has 1 aromatic carbocycles. The molecule has 1 rings (SSSR count). The molecule has 0 amide bonds. The zero-order chi connectivity index (χ0) is 10.0. The van der Waals surface area contributed by atoms with E-state index in [9.17, 15) is 8.78 Å². The van der Waals surface area contributed by atoms with Crippen molar-refractivity contribution in [3.05, 3.63) is 28.3 Å². The monoisotopic (exact) mass is 203 g/mol. The van der Waals surface area contributed by atoms with E-state index in [-0.39, 0.29) is 5.02 Å². The standard InChI is InChI=1S/C8H4ClF2NO/c1-13-8-5(9)2-4(3-12)6(10)7(8)11/h2H,1H3. The number of methoxy groups -OCH3 is 1. The second-order valence-corrected chi connectivity index (χ2v) is 2.59. The molecule has 1 aromatic rings. The van der Waals surface area contributed by atoms with Gasteiger partial charge in [0.05, 0.1) is 17.7 Å². The minimum Gasteiger partial charge on any atom is -0.492 e. The molecule has 0 N–H and O–H groups in total. The number of nitriles is 1. The first kappa shape index (κ1) is 9.75. The van der Waals surface area contributed by atoms with Gasteiger partial charge in [-0.1, -0.05) is 11.6 Å². The average molecular weight is 204 g/mol. The molecular weight excluding hydrogens is 200 g/mol. The summed E-state index contributed by atoms with van der Waals surface area (Å²) in [6.45, 7) is 0. The van der Waals surface area contributed by atoms with Crippen LogP contribution in [0.5, 0.6) is 5.75 Å². The van der Waals surface area contributed by atoms with E-state index in [2.05, 4.69) is 4.74 Å². The van der Waals surface area contributed by atoms with E-state index in [4.69, 9.17) is 16.9 Å². The molecule has 0 aromatic heterocycles. The van der Waals surface area contributed by atoms with E-state index < -0.39 is 22.9 Å². The summed E-state index contributed by atoms with van der Waals surface area (Å²) in [5, 5.41) is 8.25. The van der Waals surface area contributed by atoms with Crippen LogP contribution in [0.3, 0.4) is 0 Å². The lowest BCUT2D eigenvalue weighted by Gasteiger charge is -2.05. The van der Waals surface area contributed by atoms with Gasteiger partial charge in [-0.2, -0.15) is 9.65 Å². The maximum absolute atomic E-state index is 13.0. The Balaban J connectivity index is 3.48. The summed E-state index contributed by atoms with van der Waals surface area (Å²) in [6.07, 6.45) is 0. The van der Waals surface area contributed by atoms with Crippen LogP contribution in [0.4, 0.5) is 8.78 Å². The van der Waals surface area contributed by atoms with Crippen molar-refractivity contribution in [3.63, 3.8) is 0 Å². The van der Waals surface area contributed by atoms with Gasteiger partial charge in [0.2, 0.25) is 5.82 Å². The molecule has 0 heterocycles. The molecule has 0 atom stereocenters. The number of hydrogen-bond donors (Lipinski definition) is 0. The van der Waals surface area contributed by atoms with Gasteiger partial charge in [-0.15, -0.1) is 0 Å². The molecule has 13 heavy (non-hydrogen) atoms. The maximum Gasteiger partial charge on any atom is 0.203 e. The molecule has 0 bridgehead atoms. The van der Waals surface area contributed by atoms with Crippen LogP contribution >= 0.6 is 11.6 Å². The number of rotatable bonds is 1. The van der Waals surface area contributed by atoms with Crippen molar-refractivity contribution < 1.29 is 13.5 Å². The summed E-state index contributed by atoms with van der Waals surface area (Å²) in [6, 6.07) is 2.49. The molecule has 0 saturated heterocycles. The van der Waals surface area contributed by atoms with Crippen molar-refractivity contribution in [1.82, 2.24) is 0 Å². The molecule has 5 heteroatoms. The first-order valence-corrected chi connectivity index (χ1v) is 3.61. The van der Waals surface area contributed by atoms with E-state index in [1.165, 1.54) is 6.07 Å². The fourth-order valence-corrected chi connectivity index (χ4v) is 1.12. The maximum atomic E-state index is 13.0. The molecule has 0 aliphatic heterocycles. The van der Waals surface area contributed by atoms with Crippen molar-refractivity contribution in [2.75, 3.05) is 7.11 Å². The first-order chi connectivity index (χ1) is 6.11. The van der Waals surface area contributed by atoms with Gasteiger partial charge in [0, 0.05) is 0 Å². The highest BCUT2D eigenvalue weighted by molar-refractivity contribution is 6.32. The highest BCUT2D eigenvalue weighted by atomic mass is 35.5. The lowest BCUT2D eigenvalue weighted by molar-refractivity contribution is 0.371. The smallest absolute Gasteiger partial charge is 0.203 e. The van der Waals surface area contributed by atoms with Gasteiger partial charge < -0.3 is 4.74 Å². The third-order valence-corrected chi connectivity index (χ3v) is 1.72. The topological polar surface area (TPSA) is 33.0 Å². The van der Waals surface area contributed by atoms with Gasteiger partial charge in [-0.05, 0) is 6.07 Å². The van der Waals surface area contributed by atoms with Crippen molar-refractivity contribution in [1.29, 1.82) is 5.26 Å². The lowest BCUT2D eigenvalue weighted by atomic mass is 10.2. The first-order valence-electron chi connectivity index (χ1n) is 3.23. The van der Waals surface area contributed by atoms with E-state index in [0.29, 0.717) is 0 Å². The Morgan fingerprint density at radius 2 is 2.08 bits per heavy atom. The zero-order valence-corrected chi connectivity index (χ0v) is 7.32. The Labute approximate surface area is 78.3 Å². The van der Waals surface area contributed by atoms with Crippen LogP contribution < -0.4 is 4.74 Å². The minimum absolute atomic E-state index is 0.127. The zero-order valence-electron chi connectivity index (χ0n) is 6.57. The molecule has 0 aliphatic rings. The van der Waals surface area contributed by atoms with Crippen LogP contribution in [-0.4, -0.2) is 7.11 Å². The summed E-state index contributed by atoms with van der Waals surface area (Å²) in [5.41, 5.74) is -0.441. The van der Waals surface area contributed by atoms with Gasteiger partial charge >= 0.3 is 0 Å². The Kier molecular flexibility index (Phi) is 2.69. The molecule has 2 nitrogen and oxygen atoms in total. The summed E-state index contributed by atoms with van der Waals surface area (Å²) >= 11 is 5.50. The predicted molar refractivity (Wildman–Crippen MR) is 42.6 cm³/mol. The molecule has 0 spiro atoms. The van der Waals surface area contributed by atoms with Crippen molar-refractivity contribution in [2.45, 2.75) is 0 Å². The second-order valence-electron chi connectivity index (χ2n) is 2.18. The van der Waals surface area contributed by atoms with Crippen molar-refractivity contribution in [3.8, 4) is 11.8 Å². The van der Waals surface area contributed by atoms with Crippen LogP contribution in [0.2, 0.25) is 5.02 Å². The fourth-order valence-electron chi connectivity index (χ4n) is 0.847. The van der Waals surface area contributed by atoms with Crippen LogP contribution in [-0.2, 0) is 0 Å². The lowest BCUT2D eigenvalue weighted by Crippen LogP contribution is -1.96. The summed E-state index contributed by atoms with van der Waals surface area (Å²) in [4.78, 5) is 0. The van der Waals surface area contributed by atoms with Crippen molar-refractivity contribution in [2.24, 2.45) is 0 Å². The molecular formula is C8H4ClF2NO. The van der Waals surface area contributed by atoms with Gasteiger partial charge in [-0.3, -0.25) is 0 Å². The normalized spacial score (nSPS) is 9.46. The van der Waals surface area contributed by atoms with E-state index in [1.807, 2.05) is 0 Å². The van der Waals surface area contributed by atoms with E-state index >= 15 is 0 Å². The van der Waals surface area contributed by atoms with E-state index in [1.54, 1.807) is 0 Å². The van der Waals surface area contributed by atoms with Crippen LogP contribution in [0.15, 0.2) is 6.07 Å². The molecule has 0 radical (unpaired) electrons. The van der Waals surface area contributed by atoms with Crippen LogP contribution in [0.25, 0.3) is 0 Å². The average Bonchev–Trinajstić information content (AvgIpc) is 2.12. The molecule has 0 unspecified atom stereocenters. The molecule has 68 valence electrons. The highest BCUT2D eigenvalue weighted by Gasteiger charge is 2.17. The Bertz CT molecular complexity index is 383. The quantitative estimate of drug-likeness (QED) is 0.657. The predicted octanol–water partition coefficient (Wildman–Crippen LogP) is 2.50. The molecule has 0 saturated carbocycles. The van der Waals surface area contributed by atoms with Crippen LogP contribution in [0, 0.1) is 23.0 Å². The third kappa shape index (κ3) is 1.56. The fraction of sp³-hybridized carbons (Fsp3) is 0.125. The van der Waals surface area contributed by atoms with Gasteiger partial charge in [0.25, 0.3) is 0 Å². The summed E-state index contributed by atoms with van der Waals surface area (Å²) in [7, 11) is 1.16. The number of nitrogens with zero attached hydrogens (tertiary/aromatic N) is 1. The molecule has 0 aliphatic carbocycles. The Morgan fingerprint density at radius 3 is 2.54 bits per heavy atom. The number of hydrogen-bond acceptors (Lipinski definition) is 2. The number of benzene rings is 1. The van der Waals surface area contributed by atoms with Crippen LogP contribution in [0.1, 0.15) is 5.56 Å². The molecule has 0 fully saturated rings. The largest absolute Gasteiger partial charge is 0.492 e. The van der Waals surface area contributed by atoms with Crippen molar-refractivity contribution >= 4 is 11.6 Å². The minimum atomic E-state index is -1.25. The second kappa shape index (κ2) is 3.58. The van der Waals surface area contributed by atoms with Gasteiger partial charge in [0.15, 0.2) is 11.6 Å².